The number of primary amides is 1. The lowest BCUT2D eigenvalue weighted by atomic mass is 10.1. The van der Waals surface area contributed by atoms with Crippen LogP contribution in [0.5, 0.6) is 0 Å². The molecule has 1 aromatic rings. The van der Waals surface area contributed by atoms with E-state index in [-0.39, 0.29) is 6.03 Å². The molecule has 0 saturated carbocycles. The van der Waals surface area contributed by atoms with Gasteiger partial charge in [0.2, 0.25) is 0 Å². The number of nitrogens with zero attached hydrogens (tertiary/aromatic N) is 1. The summed E-state index contributed by atoms with van der Waals surface area (Å²) in [5, 5.41) is 5.61. The SMILES string of the molecule is NC(=O)N1CCC(NCc2sccc2Br)CC1. The van der Waals surface area contributed by atoms with Crippen molar-refractivity contribution < 1.29 is 4.79 Å². The first-order valence-corrected chi connectivity index (χ1v) is 7.33. The summed E-state index contributed by atoms with van der Waals surface area (Å²) in [6.45, 7) is 2.41. The third-order valence-electron chi connectivity index (χ3n) is 3.05. The molecule has 6 heteroatoms. The zero-order chi connectivity index (χ0) is 12.3. The Kier molecular flexibility index (Phi) is 4.42. The molecule has 2 heterocycles. The van der Waals surface area contributed by atoms with Gasteiger partial charge in [-0.15, -0.1) is 11.3 Å². The summed E-state index contributed by atoms with van der Waals surface area (Å²) in [6.07, 6.45) is 1.96. The van der Waals surface area contributed by atoms with Crippen LogP contribution in [0.4, 0.5) is 4.79 Å². The summed E-state index contributed by atoms with van der Waals surface area (Å²) in [6, 6.07) is 2.25. The zero-order valence-corrected chi connectivity index (χ0v) is 11.9. The van der Waals surface area contributed by atoms with Crippen LogP contribution in [0.3, 0.4) is 0 Å². The molecule has 0 unspecified atom stereocenters. The summed E-state index contributed by atoms with van der Waals surface area (Å²) in [5.74, 6) is 0. The summed E-state index contributed by atoms with van der Waals surface area (Å²) >= 11 is 5.27. The van der Waals surface area contributed by atoms with Crippen molar-refractivity contribution in [3.05, 3.63) is 20.8 Å². The van der Waals surface area contributed by atoms with Gasteiger partial charge >= 0.3 is 6.03 Å². The summed E-state index contributed by atoms with van der Waals surface area (Å²) in [7, 11) is 0. The van der Waals surface area contributed by atoms with E-state index in [0.717, 1.165) is 32.5 Å². The van der Waals surface area contributed by atoms with Crippen molar-refractivity contribution in [3.63, 3.8) is 0 Å². The minimum Gasteiger partial charge on any atom is -0.351 e. The number of carbonyl (C=O) groups excluding carboxylic acids is 1. The number of thiophene rings is 1. The number of nitrogens with two attached hydrogens (primary N) is 1. The first-order valence-electron chi connectivity index (χ1n) is 5.66. The van der Waals surface area contributed by atoms with Gasteiger partial charge in [-0.05, 0) is 40.2 Å². The Bertz CT molecular complexity index is 388. The molecule has 0 aliphatic carbocycles. The molecule has 2 amide bonds. The molecule has 1 aliphatic heterocycles. The second-order valence-electron chi connectivity index (χ2n) is 4.17. The molecule has 94 valence electrons. The summed E-state index contributed by atoms with van der Waals surface area (Å²) in [5.41, 5.74) is 5.25. The fraction of sp³-hybridized carbons (Fsp3) is 0.545. The smallest absolute Gasteiger partial charge is 0.314 e. The van der Waals surface area contributed by atoms with Crippen molar-refractivity contribution in [1.29, 1.82) is 0 Å². The maximum atomic E-state index is 11.0. The molecular formula is C11H16BrN3OS. The van der Waals surface area contributed by atoms with Crippen molar-refractivity contribution in [2.75, 3.05) is 13.1 Å². The highest BCUT2D eigenvalue weighted by molar-refractivity contribution is 9.10. The number of carbonyl (C=O) groups is 1. The van der Waals surface area contributed by atoms with Gasteiger partial charge in [-0.3, -0.25) is 0 Å². The van der Waals surface area contributed by atoms with Crippen LogP contribution in [-0.4, -0.2) is 30.1 Å². The highest BCUT2D eigenvalue weighted by Gasteiger charge is 2.20. The van der Waals surface area contributed by atoms with Gasteiger partial charge < -0.3 is 16.0 Å². The average Bonchev–Trinajstić information content (AvgIpc) is 2.73. The number of nitrogens with one attached hydrogen (secondary N) is 1. The minimum absolute atomic E-state index is 0.301. The standard InChI is InChI=1S/C11H16BrN3OS/c12-9-3-6-17-10(9)7-14-8-1-4-15(5-2-8)11(13)16/h3,6,8,14H,1-2,4-5,7H2,(H2,13,16). The maximum Gasteiger partial charge on any atom is 0.314 e. The number of rotatable bonds is 3. The van der Waals surface area contributed by atoms with Crippen LogP contribution in [0.25, 0.3) is 0 Å². The number of halogens is 1. The highest BCUT2D eigenvalue weighted by Crippen LogP contribution is 2.22. The molecule has 1 saturated heterocycles. The van der Waals surface area contributed by atoms with Crippen LogP contribution in [-0.2, 0) is 6.54 Å². The highest BCUT2D eigenvalue weighted by atomic mass is 79.9. The van der Waals surface area contributed by atoms with Crippen LogP contribution < -0.4 is 11.1 Å². The number of likely N-dealkylation sites (tertiary alicyclic amines) is 1. The third-order valence-corrected chi connectivity index (χ3v) is 4.98. The molecule has 0 bridgehead atoms. The Morgan fingerprint density at radius 2 is 2.29 bits per heavy atom. The Hall–Kier alpha value is -0.590. The molecule has 17 heavy (non-hydrogen) atoms. The molecule has 0 atom stereocenters. The van der Waals surface area contributed by atoms with Crippen molar-refractivity contribution in [1.82, 2.24) is 10.2 Å². The Labute approximate surface area is 113 Å². The Morgan fingerprint density at radius 3 is 2.82 bits per heavy atom. The van der Waals surface area contributed by atoms with E-state index in [4.69, 9.17) is 5.73 Å². The van der Waals surface area contributed by atoms with E-state index in [9.17, 15) is 4.79 Å². The van der Waals surface area contributed by atoms with E-state index in [2.05, 4.69) is 32.7 Å². The molecule has 2 rings (SSSR count). The van der Waals surface area contributed by atoms with Crippen LogP contribution in [0, 0.1) is 0 Å². The van der Waals surface area contributed by atoms with Gasteiger partial charge in [0.05, 0.1) is 0 Å². The lowest BCUT2D eigenvalue weighted by Gasteiger charge is -2.31. The topological polar surface area (TPSA) is 58.4 Å². The number of hydrogen-bond donors (Lipinski definition) is 2. The molecule has 0 spiro atoms. The molecule has 1 aromatic heterocycles. The van der Waals surface area contributed by atoms with Gasteiger partial charge in [0, 0.05) is 35.0 Å². The van der Waals surface area contributed by atoms with Gasteiger partial charge in [0.25, 0.3) is 0 Å². The summed E-state index contributed by atoms with van der Waals surface area (Å²) in [4.78, 5) is 14.0. The lowest BCUT2D eigenvalue weighted by molar-refractivity contribution is 0.185. The fourth-order valence-electron chi connectivity index (χ4n) is 1.99. The van der Waals surface area contributed by atoms with E-state index >= 15 is 0 Å². The minimum atomic E-state index is -0.301. The fourth-order valence-corrected chi connectivity index (χ4v) is 3.44. The van der Waals surface area contributed by atoms with Gasteiger partial charge in [-0.1, -0.05) is 0 Å². The van der Waals surface area contributed by atoms with Crippen LogP contribution in [0.15, 0.2) is 15.9 Å². The van der Waals surface area contributed by atoms with Gasteiger partial charge in [0.15, 0.2) is 0 Å². The van der Waals surface area contributed by atoms with Gasteiger partial charge in [-0.25, -0.2) is 4.79 Å². The molecule has 0 aromatic carbocycles. The number of urea groups is 1. The van der Waals surface area contributed by atoms with Crippen LogP contribution in [0.1, 0.15) is 17.7 Å². The average molecular weight is 318 g/mol. The first-order chi connectivity index (χ1) is 8.16. The quantitative estimate of drug-likeness (QED) is 0.897. The van der Waals surface area contributed by atoms with E-state index in [1.165, 1.54) is 9.35 Å². The largest absolute Gasteiger partial charge is 0.351 e. The lowest BCUT2D eigenvalue weighted by Crippen LogP contribution is -2.46. The third kappa shape index (κ3) is 3.43. The van der Waals surface area contributed by atoms with E-state index in [1.807, 2.05) is 0 Å². The normalized spacial score (nSPS) is 17.4. The number of piperidine rings is 1. The van der Waals surface area contributed by atoms with Gasteiger partial charge in [0.1, 0.15) is 0 Å². The predicted molar refractivity (Wildman–Crippen MR) is 73.0 cm³/mol. The zero-order valence-electron chi connectivity index (χ0n) is 9.49. The Balaban J connectivity index is 1.75. The van der Waals surface area contributed by atoms with E-state index in [1.54, 1.807) is 16.2 Å². The van der Waals surface area contributed by atoms with E-state index < -0.39 is 0 Å². The predicted octanol–water partition coefficient (Wildman–Crippen LogP) is 2.14. The molecule has 3 N–H and O–H groups in total. The van der Waals surface area contributed by atoms with Crippen molar-refractivity contribution in [2.45, 2.75) is 25.4 Å². The van der Waals surface area contributed by atoms with Gasteiger partial charge in [-0.2, -0.15) is 0 Å². The second kappa shape index (κ2) is 5.84. The molecular weight excluding hydrogens is 302 g/mol. The first kappa shape index (κ1) is 12.9. The van der Waals surface area contributed by atoms with Crippen molar-refractivity contribution in [2.24, 2.45) is 5.73 Å². The van der Waals surface area contributed by atoms with Crippen LogP contribution in [0.2, 0.25) is 0 Å². The van der Waals surface area contributed by atoms with E-state index in [0.29, 0.717) is 6.04 Å². The molecule has 1 fully saturated rings. The van der Waals surface area contributed by atoms with Crippen LogP contribution >= 0.6 is 27.3 Å². The molecule has 0 radical (unpaired) electrons. The monoisotopic (exact) mass is 317 g/mol. The van der Waals surface area contributed by atoms with Crippen molar-refractivity contribution in [3.8, 4) is 0 Å². The summed E-state index contributed by atoms with van der Waals surface area (Å²) < 4.78 is 1.17. The second-order valence-corrected chi connectivity index (χ2v) is 6.03. The maximum absolute atomic E-state index is 11.0. The van der Waals surface area contributed by atoms with Crippen molar-refractivity contribution >= 4 is 33.3 Å². The number of hydrogen-bond acceptors (Lipinski definition) is 3. The number of amides is 2. The molecule has 4 nitrogen and oxygen atoms in total. The molecule has 1 aliphatic rings. The Morgan fingerprint density at radius 1 is 1.59 bits per heavy atom.